The van der Waals surface area contributed by atoms with Gasteiger partial charge in [-0.3, -0.25) is 10.2 Å². The summed E-state index contributed by atoms with van der Waals surface area (Å²) in [5.74, 6) is -0.777. The molecule has 1 atom stereocenters. The second-order valence-electron chi connectivity index (χ2n) is 5.06. The van der Waals surface area contributed by atoms with Gasteiger partial charge in [0.2, 0.25) is 5.91 Å². The van der Waals surface area contributed by atoms with Crippen LogP contribution in [0.15, 0.2) is 33.6 Å². The molecule has 1 aliphatic heterocycles. The third-order valence-corrected chi connectivity index (χ3v) is 7.35. The molecule has 0 bridgehead atoms. The zero-order valence-corrected chi connectivity index (χ0v) is 14.7. The van der Waals surface area contributed by atoms with Crippen LogP contribution in [0.25, 0.3) is 0 Å². The van der Waals surface area contributed by atoms with E-state index >= 15 is 0 Å². The van der Waals surface area contributed by atoms with E-state index in [0.717, 1.165) is 0 Å². The van der Waals surface area contributed by atoms with E-state index in [2.05, 4.69) is 21.4 Å². The van der Waals surface area contributed by atoms with Crippen LogP contribution in [0.2, 0.25) is 0 Å². The lowest BCUT2D eigenvalue weighted by molar-refractivity contribution is -0.122. The van der Waals surface area contributed by atoms with E-state index in [1.165, 1.54) is 6.07 Å². The van der Waals surface area contributed by atoms with Crippen LogP contribution in [0.5, 0.6) is 0 Å². The summed E-state index contributed by atoms with van der Waals surface area (Å²) in [6.45, 7) is 0. The minimum absolute atomic E-state index is 0.00116. The van der Waals surface area contributed by atoms with Crippen molar-refractivity contribution in [2.45, 2.75) is 17.7 Å². The number of amides is 1. The Labute approximate surface area is 137 Å². The first kappa shape index (κ1) is 17.4. The van der Waals surface area contributed by atoms with Crippen LogP contribution in [0, 0.1) is 5.92 Å². The van der Waals surface area contributed by atoms with Gasteiger partial charge in [-0.05, 0) is 40.4 Å². The Morgan fingerprint density at radius 2 is 2.00 bits per heavy atom. The van der Waals surface area contributed by atoms with E-state index in [9.17, 15) is 21.6 Å². The molecule has 122 valence electrons. The fourth-order valence-electron chi connectivity index (χ4n) is 2.19. The van der Waals surface area contributed by atoms with Crippen LogP contribution in [-0.2, 0) is 24.7 Å². The maximum atomic E-state index is 12.0. The highest BCUT2D eigenvalue weighted by Gasteiger charge is 2.29. The smallest absolute Gasteiger partial charge is 0.258 e. The lowest BCUT2D eigenvalue weighted by Gasteiger charge is -2.11. The molecule has 1 aromatic rings. The number of hydrazine groups is 1. The molecule has 1 fully saturated rings. The first-order chi connectivity index (χ1) is 10.2. The Kier molecular flexibility index (Phi) is 5.25. The largest absolute Gasteiger partial charge is 0.278 e. The average Bonchev–Trinajstić information content (AvgIpc) is 2.76. The Hall–Kier alpha value is -0.970. The molecule has 22 heavy (non-hydrogen) atoms. The average molecular weight is 411 g/mol. The second-order valence-corrected chi connectivity index (χ2v) is 9.79. The second kappa shape index (κ2) is 6.65. The summed E-state index contributed by atoms with van der Waals surface area (Å²) in [5.41, 5.74) is 2.11. The summed E-state index contributed by atoms with van der Waals surface area (Å²) >= 11 is 3.12. The van der Waals surface area contributed by atoms with Gasteiger partial charge in [0, 0.05) is 10.9 Å². The topological polar surface area (TPSA) is 109 Å². The standard InChI is InChI=1S/C12H15BrN2O5S2/c13-10-3-1-2-4-11(10)22(19,20)15-14-12(16)7-9-5-6-21(17,18)8-9/h1-4,9,15H,5-8H2,(H,14,16)/t9-/m0/s1. The van der Waals surface area contributed by atoms with Crippen molar-refractivity contribution in [1.82, 2.24) is 10.3 Å². The van der Waals surface area contributed by atoms with Crippen molar-refractivity contribution in [2.24, 2.45) is 5.92 Å². The van der Waals surface area contributed by atoms with Gasteiger partial charge in [0.15, 0.2) is 9.84 Å². The van der Waals surface area contributed by atoms with E-state index in [1.807, 2.05) is 4.83 Å². The van der Waals surface area contributed by atoms with E-state index in [4.69, 9.17) is 0 Å². The van der Waals surface area contributed by atoms with Gasteiger partial charge in [0.25, 0.3) is 10.0 Å². The molecule has 0 aliphatic carbocycles. The van der Waals surface area contributed by atoms with Crippen LogP contribution in [0.4, 0.5) is 0 Å². The fourth-order valence-corrected chi connectivity index (χ4v) is 5.91. The maximum Gasteiger partial charge on any atom is 0.258 e. The maximum absolute atomic E-state index is 12.0. The number of hydrogen-bond donors (Lipinski definition) is 2. The van der Waals surface area contributed by atoms with E-state index < -0.39 is 25.8 Å². The van der Waals surface area contributed by atoms with E-state index in [1.54, 1.807) is 18.2 Å². The lowest BCUT2D eigenvalue weighted by atomic mass is 10.1. The monoisotopic (exact) mass is 410 g/mol. The number of carbonyl (C=O) groups is 1. The molecular formula is C12H15BrN2O5S2. The van der Waals surface area contributed by atoms with Crippen molar-refractivity contribution in [3.8, 4) is 0 Å². The molecule has 7 nitrogen and oxygen atoms in total. The third-order valence-electron chi connectivity index (χ3n) is 3.25. The molecule has 0 spiro atoms. The predicted molar refractivity (Wildman–Crippen MR) is 84.0 cm³/mol. The number of sulfone groups is 1. The van der Waals surface area contributed by atoms with Gasteiger partial charge in [-0.2, -0.15) is 0 Å². The number of halogens is 1. The van der Waals surface area contributed by atoms with E-state index in [-0.39, 0.29) is 28.7 Å². The van der Waals surface area contributed by atoms with E-state index in [0.29, 0.717) is 10.9 Å². The molecule has 0 aromatic heterocycles. The summed E-state index contributed by atoms with van der Waals surface area (Å²) in [7, 11) is -6.95. The van der Waals surface area contributed by atoms with Crippen molar-refractivity contribution in [1.29, 1.82) is 0 Å². The van der Waals surface area contributed by atoms with Crippen LogP contribution in [0.1, 0.15) is 12.8 Å². The molecular weight excluding hydrogens is 396 g/mol. The van der Waals surface area contributed by atoms with Crippen LogP contribution in [-0.4, -0.2) is 34.2 Å². The Morgan fingerprint density at radius 3 is 2.59 bits per heavy atom. The zero-order chi connectivity index (χ0) is 16.4. The van der Waals surface area contributed by atoms with Crippen molar-refractivity contribution in [3.05, 3.63) is 28.7 Å². The molecule has 2 rings (SSSR count). The number of nitrogens with one attached hydrogen (secondary N) is 2. The molecule has 1 saturated heterocycles. The summed E-state index contributed by atoms with van der Waals surface area (Å²) < 4.78 is 47.1. The minimum atomic E-state index is -3.89. The normalized spacial score (nSPS) is 20.7. The number of sulfonamides is 1. The van der Waals surface area contributed by atoms with Gasteiger partial charge in [0.1, 0.15) is 0 Å². The minimum Gasteiger partial charge on any atom is -0.278 e. The molecule has 1 amide bonds. The SMILES string of the molecule is O=C(C[C@@H]1CCS(=O)(=O)C1)NNS(=O)(=O)c1ccccc1Br. The van der Waals surface area contributed by atoms with Gasteiger partial charge in [-0.25, -0.2) is 16.8 Å². The summed E-state index contributed by atoms with van der Waals surface area (Å²) in [6.07, 6.45) is 0.393. The van der Waals surface area contributed by atoms with Gasteiger partial charge in [-0.15, -0.1) is 4.83 Å². The van der Waals surface area contributed by atoms with Crippen molar-refractivity contribution < 1.29 is 21.6 Å². The van der Waals surface area contributed by atoms with Gasteiger partial charge in [-0.1, -0.05) is 12.1 Å². The summed E-state index contributed by atoms with van der Waals surface area (Å²) in [4.78, 5) is 13.7. The van der Waals surface area contributed by atoms with Crippen molar-refractivity contribution >= 4 is 41.7 Å². The summed E-state index contributed by atoms with van der Waals surface area (Å²) in [6, 6.07) is 6.19. The highest BCUT2D eigenvalue weighted by molar-refractivity contribution is 9.10. The van der Waals surface area contributed by atoms with Gasteiger partial charge < -0.3 is 0 Å². The van der Waals surface area contributed by atoms with Crippen LogP contribution < -0.4 is 10.3 Å². The first-order valence-corrected chi connectivity index (χ1v) is 10.5. The Balaban J connectivity index is 1.92. The zero-order valence-electron chi connectivity index (χ0n) is 11.5. The fraction of sp³-hybridized carbons (Fsp3) is 0.417. The summed E-state index contributed by atoms with van der Waals surface area (Å²) in [5, 5.41) is 0. The van der Waals surface area contributed by atoms with Gasteiger partial charge >= 0.3 is 0 Å². The highest BCUT2D eigenvalue weighted by atomic mass is 79.9. The first-order valence-electron chi connectivity index (χ1n) is 6.45. The number of hydrogen-bond acceptors (Lipinski definition) is 5. The number of carbonyl (C=O) groups excluding carboxylic acids is 1. The molecule has 1 aliphatic rings. The molecule has 0 saturated carbocycles. The van der Waals surface area contributed by atoms with Crippen molar-refractivity contribution in [2.75, 3.05) is 11.5 Å². The molecule has 0 unspecified atom stereocenters. The molecule has 1 aromatic carbocycles. The number of rotatable bonds is 5. The Morgan fingerprint density at radius 1 is 1.32 bits per heavy atom. The lowest BCUT2D eigenvalue weighted by Crippen LogP contribution is -2.42. The number of benzene rings is 1. The molecule has 1 heterocycles. The Bertz CT molecular complexity index is 776. The molecule has 0 radical (unpaired) electrons. The third kappa shape index (κ3) is 4.51. The molecule has 2 N–H and O–H groups in total. The predicted octanol–water partition coefficient (Wildman–Crippen LogP) is 0.583. The van der Waals surface area contributed by atoms with Crippen LogP contribution in [0.3, 0.4) is 0 Å². The highest BCUT2D eigenvalue weighted by Crippen LogP contribution is 2.22. The van der Waals surface area contributed by atoms with Crippen molar-refractivity contribution in [3.63, 3.8) is 0 Å². The van der Waals surface area contributed by atoms with Gasteiger partial charge in [0.05, 0.1) is 16.4 Å². The quantitative estimate of drug-likeness (QED) is 0.690. The van der Waals surface area contributed by atoms with Crippen LogP contribution >= 0.6 is 15.9 Å². The molecule has 10 heteroatoms.